The zero-order valence-electron chi connectivity index (χ0n) is 5.33. The summed E-state index contributed by atoms with van der Waals surface area (Å²) >= 11 is -0.116. The van der Waals surface area contributed by atoms with Crippen LogP contribution in [0.1, 0.15) is 5.69 Å². The molecule has 1 aromatic heterocycles. The minimum absolute atomic E-state index is 0.116. The van der Waals surface area contributed by atoms with Crippen LogP contribution in [0.5, 0.6) is 0 Å². The second-order valence-corrected chi connectivity index (χ2v) is 4.75. The molecule has 3 heteroatoms. The number of aromatic nitrogens is 2. The van der Waals surface area contributed by atoms with Gasteiger partial charge in [0.05, 0.1) is 0 Å². The quantitative estimate of drug-likeness (QED) is 0.695. The molecule has 0 saturated carbocycles. The van der Waals surface area contributed by atoms with Gasteiger partial charge < -0.3 is 0 Å². The Labute approximate surface area is 64.9 Å². The Hall–Kier alpha value is -0.121. The van der Waals surface area contributed by atoms with E-state index in [2.05, 4.69) is 14.9 Å². The third-order valence-electron chi connectivity index (χ3n) is 0.975. The van der Waals surface area contributed by atoms with E-state index in [1.54, 1.807) is 12.4 Å². The van der Waals surface area contributed by atoms with Gasteiger partial charge >= 0.3 is 64.8 Å². The first-order valence-corrected chi connectivity index (χ1v) is 7.70. The van der Waals surface area contributed by atoms with Crippen LogP contribution in [-0.4, -0.2) is 31.1 Å². The Bertz CT molecular complexity index is 164. The summed E-state index contributed by atoms with van der Waals surface area (Å²) in [4.78, 5) is 10.4. The van der Waals surface area contributed by atoms with Gasteiger partial charge in [-0.2, -0.15) is 0 Å². The molecule has 1 heterocycles. The predicted octanol–water partition coefficient (Wildman–Crippen LogP) is 0.729. The standard InChI is InChI=1S/C5H5N2.CH3.Sn/c1-5-4-6-2-3-7-5;;/h2-4H,1H2;1H3;. The maximum absolute atomic E-state index is 4.15. The van der Waals surface area contributed by atoms with Gasteiger partial charge in [0.15, 0.2) is 0 Å². The van der Waals surface area contributed by atoms with Crippen molar-refractivity contribution in [3.63, 3.8) is 0 Å². The van der Waals surface area contributed by atoms with Crippen LogP contribution in [0, 0.1) is 0 Å². The monoisotopic (exact) mass is 228 g/mol. The first-order chi connectivity index (χ1) is 4.43. The SMILES string of the molecule is [CH3][Sn][CH2]c1cnccn1. The first-order valence-electron chi connectivity index (χ1n) is 2.83. The van der Waals surface area contributed by atoms with E-state index in [0.29, 0.717) is 0 Å². The van der Waals surface area contributed by atoms with Gasteiger partial charge in [-0.15, -0.1) is 0 Å². The number of nitrogens with zero attached hydrogens (tertiary/aromatic N) is 2. The molecular formula is C6H8N2Sn. The molecule has 0 amide bonds. The molecule has 0 unspecified atom stereocenters. The van der Waals surface area contributed by atoms with Gasteiger partial charge in [0, 0.05) is 0 Å². The average molecular weight is 227 g/mol. The van der Waals surface area contributed by atoms with Crippen LogP contribution in [-0.2, 0) is 4.44 Å². The molecule has 0 saturated heterocycles. The molecule has 0 aliphatic carbocycles. The van der Waals surface area contributed by atoms with E-state index >= 15 is 0 Å². The summed E-state index contributed by atoms with van der Waals surface area (Å²) < 4.78 is 1.21. The van der Waals surface area contributed by atoms with E-state index < -0.39 is 0 Å². The van der Waals surface area contributed by atoms with Crippen LogP contribution in [0.15, 0.2) is 18.6 Å². The molecule has 0 aliphatic heterocycles. The summed E-state index contributed by atoms with van der Waals surface area (Å²) in [5, 5.41) is 0. The summed E-state index contributed by atoms with van der Waals surface area (Å²) in [6.07, 6.45) is 5.32. The Morgan fingerprint density at radius 2 is 2.44 bits per heavy atom. The predicted molar refractivity (Wildman–Crippen MR) is 37.4 cm³/mol. The molecule has 0 aliphatic rings. The van der Waals surface area contributed by atoms with Crippen LogP contribution in [0.3, 0.4) is 0 Å². The van der Waals surface area contributed by atoms with Crippen molar-refractivity contribution in [3.05, 3.63) is 24.3 Å². The van der Waals surface area contributed by atoms with Gasteiger partial charge in [0.1, 0.15) is 0 Å². The van der Waals surface area contributed by atoms with E-state index in [4.69, 9.17) is 0 Å². The zero-order chi connectivity index (χ0) is 6.53. The molecule has 0 atom stereocenters. The van der Waals surface area contributed by atoms with Crippen LogP contribution in [0.4, 0.5) is 0 Å². The maximum atomic E-state index is 4.15. The van der Waals surface area contributed by atoms with E-state index in [0.717, 1.165) is 5.69 Å². The molecule has 0 aromatic carbocycles. The summed E-state index contributed by atoms with van der Waals surface area (Å²) in [5.74, 6) is 0. The van der Waals surface area contributed by atoms with Crippen molar-refractivity contribution in [3.8, 4) is 0 Å². The van der Waals surface area contributed by atoms with Crippen molar-refractivity contribution in [2.24, 2.45) is 0 Å². The number of hydrogen-bond donors (Lipinski definition) is 0. The van der Waals surface area contributed by atoms with Crippen molar-refractivity contribution < 1.29 is 0 Å². The Balaban J connectivity index is 2.61. The number of rotatable bonds is 2. The Kier molecular flexibility index (Phi) is 2.97. The zero-order valence-corrected chi connectivity index (χ0v) is 8.19. The van der Waals surface area contributed by atoms with Gasteiger partial charge in [-0.1, -0.05) is 0 Å². The van der Waals surface area contributed by atoms with Gasteiger partial charge in [-0.3, -0.25) is 0 Å². The molecule has 0 N–H and O–H groups in total. The van der Waals surface area contributed by atoms with Gasteiger partial charge in [-0.05, 0) is 0 Å². The average Bonchev–Trinajstić information content (AvgIpc) is 1.91. The van der Waals surface area contributed by atoms with Crippen LogP contribution in [0.25, 0.3) is 0 Å². The normalized spacial score (nSPS) is 9.44. The summed E-state index contributed by atoms with van der Waals surface area (Å²) in [6, 6.07) is 0. The van der Waals surface area contributed by atoms with Crippen LogP contribution in [0.2, 0.25) is 4.94 Å². The van der Waals surface area contributed by atoms with Crippen molar-refractivity contribution in [2.45, 2.75) is 9.38 Å². The molecule has 0 fully saturated rings. The summed E-state index contributed by atoms with van der Waals surface area (Å²) in [7, 11) is 0. The molecule has 9 heavy (non-hydrogen) atoms. The summed E-state index contributed by atoms with van der Waals surface area (Å²) in [6.45, 7) is 0. The molecule has 0 spiro atoms. The van der Waals surface area contributed by atoms with Crippen molar-refractivity contribution >= 4 is 21.1 Å². The topological polar surface area (TPSA) is 25.8 Å². The third-order valence-corrected chi connectivity index (χ3v) is 3.02. The summed E-state index contributed by atoms with van der Waals surface area (Å²) in [5.41, 5.74) is 1.16. The molecule has 0 bridgehead atoms. The fraction of sp³-hybridized carbons (Fsp3) is 0.333. The van der Waals surface area contributed by atoms with Gasteiger partial charge in [0.2, 0.25) is 0 Å². The second kappa shape index (κ2) is 3.82. The van der Waals surface area contributed by atoms with Gasteiger partial charge in [-0.25, -0.2) is 0 Å². The molecule has 46 valence electrons. The second-order valence-electron chi connectivity index (χ2n) is 1.73. The molecule has 2 radical (unpaired) electrons. The van der Waals surface area contributed by atoms with E-state index in [1.165, 1.54) is 4.44 Å². The van der Waals surface area contributed by atoms with Crippen molar-refractivity contribution in [1.29, 1.82) is 0 Å². The van der Waals surface area contributed by atoms with E-state index in [9.17, 15) is 0 Å². The third kappa shape index (κ3) is 2.30. The van der Waals surface area contributed by atoms with E-state index in [1.807, 2.05) is 6.20 Å². The van der Waals surface area contributed by atoms with E-state index in [-0.39, 0.29) is 21.1 Å². The van der Waals surface area contributed by atoms with Gasteiger partial charge in [0.25, 0.3) is 0 Å². The first kappa shape index (κ1) is 6.99. The van der Waals surface area contributed by atoms with Crippen LogP contribution < -0.4 is 0 Å². The molecule has 1 rings (SSSR count). The number of hydrogen-bond acceptors (Lipinski definition) is 2. The van der Waals surface area contributed by atoms with Crippen molar-refractivity contribution in [2.75, 3.05) is 0 Å². The fourth-order valence-corrected chi connectivity index (χ4v) is 2.16. The Morgan fingerprint density at radius 1 is 1.56 bits per heavy atom. The molecule has 2 nitrogen and oxygen atoms in total. The molecular weight excluding hydrogens is 219 g/mol. The van der Waals surface area contributed by atoms with Crippen LogP contribution >= 0.6 is 0 Å². The van der Waals surface area contributed by atoms with Crippen molar-refractivity contribution in [1.82, 2.24) is 9.97 Å². The Morgan fingerprint density at radius 3 is 3.00 bits per heavy atom. The fourth-order valence-electron chi connectivity index (χ4n) is 0.602. The minimum atomic E-state index is -0.116. The molecule has 1 aromatic rings.